The summed E-state index contributed by atoms with van der Waals surface area (Å²) >= 11 is 0. The number of benzene rings is 1. The molecule has 0 saturated heterocycles. The average Bonchev–Trinajstić information content (AvgIpc) is 3.19. The quantitative estimate of drug-likeness (QED) is 0.557. The van der Waals surface area contributed by atoms with E-state index < -0.39 is 11.7 Å². The monoisotopic (exact) mass is 484 g/mol. The Morgan fingerprint density at radius 1 is 1.20 bits per heavy atom. The fourth-order valence-corrected chi connectivity index (χ4v) is 5.29. The van der Waals surface area contributed by atoms with Gasteiger partial charge < -0.3 is 5.32 Å². The summed E-state index contributed by atoms with van der Waals surface area (Å²) in [6, 6.07) is 9.55. The lowest BCUT2D eigenvalue weighted by Crippen LogP contribution is -2.31. The van der Waals surface area contributed by atoms with Crippen molar-refractivity contribution in [2.75, 3.05) is 6.54 Å². The van der Waals surface area contributed by atoms with E-state index in [1.165, 1.54) is 12.1 Å². The van der Waals surface area contributed by atoms with Crippen LogP contribution in [-0.4, -0.2) is 22.3 Å². The van der Waals surface area contributed by atoms with Gasteiger partial charge in [0.1, 0.15) is 0 Å². The number of carbonyl (C=O) groups excluding carboxylic acids is 1. The molecule has 186 valence electrons. The first kappa shape index (κ1) is 25.2. The van der Waals surface area contributed by atoms with Gasteiger partial charge in [0.05, 0.1) is 28.9 Å². The van der Waals surface area contributed by atoms with E-state index in [9.17, 15) is 18.0 Å². The summed E-state index contributed by atoms with van der Waals surface area (Å²) in [5.74, 6) is 0.643. The van der Waals surface area contributed by atoms with Crippen molar-refractivity contribution in [3.63, 3.8) is 0 Å². The first-order valence-electron chi connectivity index (χ1n) is 12.2. The number of rotatable bonds is 6. The second-order valence-corrected chi connectivity index (χ2v) is 10.1. The lowest BCUT2D eigenvalue weighted by molar-refractivity contribution is -0.137. The van der Waals surface area contributed by atoms with Crippen molar-refractivity contribution < 1.29 is 18.0 Å². The van der Waals surface area contributed by atoms with Crippen LogP contribution in [0.4, 0.5) is 13.2 Å². The van der Waals surface area contributed by atoms with E-state index in [1.807, 2.05) is 6.07 Å². The first-order chi connectivity index (χ1) is 16.7. The van der Waals surface area contributed by atoms with Crippen LogP contribution in [0.1, 0.15) is 78.3 Å². The molecule has 1 aromatic carbocycles. The summed E-state index contributed by atoms with van der Waals surface area (Å²) in [6.07, 6.45) is 0.967. The summed E-state index contributed by atoms with van der Waals surface area (Å²) in [5.41, 5.74) is 2.59. The number of aromatic nitrogens is 1. The van der Waals surface area contributed by atoms with Crippen LogP contribution >= 0.6 is 0 Å². The Morgan fingerprint density at radius 2 is 1.89 bits per heavy atom. The molecule has 1 saturated carbocycles. The Kier molecular flexibility index (Phi) is 7.46. The molecular formula is C27H31F3N4O. The molecule has 2 heterocycles. The molecule has 35 heavy (non-hydrogen) atoms. The van der Waals surface area contributed by atoms with Crippen molar-refractivity contribution in [1.29, 1.82) is 5.26 Å². The Hall–Kier alpha value is -2.92. The highest BCUT2D eigenvalue weighted by Gasteiger charge is 2.35. The van der Waals surface area contributed by atoms with Crippen LogP contribution in [0.15, 0.2) is 36.5 Å². The third-order valence-electron chi connectivity index (χ3n) is 7.19. The lowest BCUT2D eigenvalue weighted by Gasteiger charge is -2.27. The number of alkyl halides is 3. The standard InChI is InChI=1S/C27H31F3N4O/c1-17(2)25-24-22(16-34(25)15-20-7-9-23(10-8-20)27(28,29)30)11-21(14-32-24)26(35)33-13-19-5-3-18(12-31)4-6-19/h7-11,14,17-19,25H,3-6,13,15-16H2,1-2H3,(H,33,35). The van der Waals surface area contributed by atoms with Crippen LogP contribution < -0.4 is 5.32 Å². The zero-order chi connectivity index (χ0) is 25.2. The van der Waals surface area contributed by atoms with Crippen LogP contribution in [0.5, 0.6) is 0 Å². The highest BCUT2D eigenvalue weighted by molar-refractivity contribution is 5.94. The van der Waals surface area contributed by atoms with Gasteiger partial charge in [-0.25, -0.2) is 0 Å². The Balaban J connectivity index is 1.41. The molecule has 0 spiro atoms. The van der Waals surface area contributed by atoms with Crippen LogP contribution in [0.2, 0.25) is 0 Å². The van der Waals surface area contributed by atoms with Gasteiger partial charge in [-0.05, 0) is 66.8 Å². The van der Waals surface area contributed by atoms with Gasteiger partial charge >= 0.3 is 6.18 Å². The topological polar surface area (TPSA) is 69.0 Å². The highest BCUT2D eigenvalue weighted by atomic mass is 19.4. The van der Waals surface area contributed by atoms with Gasteiger partial charge in [-0.1, -0.05) is 26.0 Å². The predicted octanol–water partition coefficient (Wildman–Crippen LogP) is 5.87. The molecule has 1 aromatic heterocycles. The van der Waals surface area contributed by atoms with Gasteiger partial charge in [-0.2, -0.15) is 18.4 Å². The Bertz CT molecular complexity index is 1080. The van der Waals surface area contributed by atoms with Crippen LogP contribution in [0.25, 0.3) is 0 Å². The zero-order valence-electron chi connectivity index (χ0n) is 20.1. The van der Waals surface area contributed by atoms with Gasteiger partial charge in [0.25, 0.3) is 5.91 Å². The molecule has 1 N–H and O–H groups in total. The fourth-order valence-electron chi connectivity index (χ4n) is 5.29. The number of nitrogens with zero attached hydrogens (tertiary/aromatic N) is 3. The first-order valence-corrected chi connectivity index (χ1v) is 12.2. The molecule has 8 heteroatoms. The van der Waals surface area contributed by atoms with E-state index in [1.54, 1.807) is 6.20 Å². The molecule has 1 aliphatic heterocycles. The zero-order valence-corrected chi connectivity index (χ0v) is 20.1. The summed E-state index contributed by atoms with van der Waals surface area (Å²) in [6.45, 7) is 5.89. The normalized spacial score (nSPS) is 22.6. The number of nitriles is 1. The summed E-state index contributed by atoms with van der Waals surface area (Å²) in [7, 11) is 0. The van der Waals surface area contributed by atoms with Crippen molar-refractivity contribution in [2.45, 2.75) is 64.8 Å². The van der Waals surface area contributed by atoms with E-state index in [4.69, 9.17) is 5.26 Å². The number of hydrogen-bond acceptors (Lipinski definition) is 4. The molecule has 1 fully saturated rings. The molecule has 0 bridgehead atoms. The van der Waals surface area contributed by atoms with Crippen molar-refractivity contribution in [1.82, 2.24) is 15.2 Å². The van der Waals surface area contributed by atoms with Crippen molar-refractivity contribution in [3.8, 4) is 6.07 Å². The smallest absolute Gasteiger partial charge is 0.352 e. The average molecular weight is 485 g/mol. The maximum Gasteiger partial charge on any atom is 0.416 e. The van der Waals surface area contributed by atoms with Crippen molar-refractivity contribution >= 4 is 5.91 Å². The van der Waals surface area contributed by atoms with Crippen molar-refractivity contribution in [3.05, 3.63) is 64.5 Å². The van der Waals surface area contributed by atoms with E-state index in [0.29, 0.717) is 31.1 Å². The number of halogens is 3. The van der Waals surface area contributed by atoms with Crippen LogP contribution in [0.3, 0.4) is 0 Å². The van der Waals surface area contributed by atoms with E-state index in [0.717, 1.165) is 54.6 Å². The fraction of sp³-hybridized carbons (Fsp3) is 0.519. The van der Waals surface area contributed by atoms with Crippen molar-refractivity contribution in [2.24, 2.45) is 17.8 Å². The third-order valence-corrected chi connectivity index (χ3v) is 7.19. The van der Waals surface area contributed by atoms with Gasteiger partial charge in [-0.15, -0.1) is 0 Å². The molecule has 0 radical (unpaired) electrons. The lowest BCUT2D eigenvalue weighted by atomic mass is 9.83. The molecular weight excluding hydrogens is 453 g/mol. The predicted molar refractivity (Wildman–Crippen MR) is 126 cm³/mol. The van der Waals surface area contributed by atoms with Crippen LogP contribution in [0, 0.1) is 29.1 Å². The largest absolute Gasteiger partial charge is 0.416 e. The highest BCUT2D eigenvalue weighted by Crippen LogP contribution is 2.39. The summed E-state index contributed by atoms with van der Waals surface area (Å²) in [5, 5.41) is 12.1. The minimum absolute atomic E-state index is 0.0275. The Labute approximate surface area is 204 Å². The number of amides is 1. The molecule has 1 unspecified atom stereocenters. The third kappa shape index (κ3) is 5.84. The number of carbonyl (C=O) groups is 1. The van der Waals surface area contributed by atoms with E-state index in [-0.39, 0.29) is 23.8 Å². The SMILES string of the molecule is CC(C)C1c2ncc(C(=O)NCC3CCC(C#N)CC3)cc2CN1Cc1ccc(C(F)(F)F)cc1. The van der Waals surface area contributed by atoms with E-state index in [2.05, 4.69) is 35.1 Å². The number of nitrogens with one attached hydrogen (secondary N) is 1. The minimum atomic E-state index is -4.35. The summed E-state index contributed by atoms with van der Waals surface area (Å²) < 4.78 is 38.7. The maximum absolute atomic E-state index is 12.9. The van der Waals surface area contributed by atoms with Gasteiger partial charge in [0.15, 0.2) is 0 Å². The second-order valence-electron chi connectivity index (χ2n) is 10.1. The number of hydrogen-bond donors (Lipinski definition) is 1. The molecule has 5 nitrogen and oxygen atoms in total. The minimum Gasteiger partial charge on any atom is -0.352 e. The Morgan fingerprint density at radius 3 is 2.49 bits per heavy atom. The van der Waals surface area contributed by atoms with Gasteiger partial charge in [-0.3, -0.25) is 14.7 Å². The number of fused-ring (bicyclic) bond motifs is 1. The summed E-state index contributed by atoms with van der Waals surface area (Å²) in [4.78, 5) is 19.7. The molecule has 4 rings (SSSR count). The van der Waals surface area contributed by atoms with Gasteiger partial charge in [0, 0.05) is 31.7 Å². The molecule has 1 amide bonds. The van der Waals surface area contributed by atoms with Crippen LogP contribution in [-0.2, 0) is 19.3 Å². The van der Waals surface area contributed by atoms with Gasteiger partial charge in [0.2, 0.25) is 0 Å². The molecule has 2 aliphatic rings. The molecule has 2 aromatic rings. The van der Waals surface area contributed by atoms with E-state index >= 15 is 0 Å². The molecule has 1 atom stereocenters. The second kappa shape index (κ2) is 10.4. The maximum atomic E-state index is 12.9. The molecule has 1 aliphatic carbocycles. The number of pyridine rings is 1.